The van der Waals surface area contributed by atoms with Crippen molar-refractivity contribution in [2.75, 3.05) is 6.54 Å². The van der Waals surface area contributed by atoms with Crippen molar-refractivity contribution in [2.24, 2.45) is 5.73 Å². The number of unbranched alkanes of at least 4 members (excludes halogenated alkanes) is 2. The van der Waals surface area contributed by atoms with Crippen LogP contribution in [0.3, 0.4) is 0 Å². The number of amides is 1. The number of rotatable bonds is 10. The van der Waals surface area contributed by atoms with Crippen LogP contribution in [0.5, 0.6) is 0 Å². The average molecular weight is 244 g/mol. The van der Waals surface area contributed by atoms with Crippen molar-refractivity contribution in [3.05, 3.63) is 12.7 Å². The highest BCUT2D eigenvalue weighted by Crippen LogP contribution is 2.10. The van der Waals surface area contributed by atoms with Gasteiger partial charge < -0.3 is 11.1 Å². The van der Waals surface area contributed by atoms with E-state index in [1.807, 2.05) is 6.08 Å². The summed E-state index contributed by atoms with van der Waals surface area (Å²) in [5, 5.41) is 3.33. The number of nitrogens with one attached hydrogen (secondary N) is 1. The largest absolute Gasteiger partial charge is 0.368 e. The summed E-state index contributed by atoms with van der Waals surface area (Å²) in [5.74, 6) is -0.292. The van der Waals surface area contributed by atoms with Crippen molar-refractivity contribution >= 4 is 18.5 Å². The first-order valence-electron chi connectivity index (χ1n) is 5.93. The van der Waals surface area contributed by atoms with Crippen LogP contribution in [0.15, 0.2) is 12.7 Å². The highest BCUT2D eigenvalue weighted by atomic mass is 32.1. The van der Waals surface area contributed by atoms with E-state index in [0.29, 0.717) is 6.42 Å². The van der Waals surface area contributed by atoms with Crippen LogP contribution in [0, 0.1) is 0 Å². The SMILES string of the molecule is C=CCC(S)CC(NCCCCC)C(N)=O. The molecule has 4 heteroatoms. The van der Waals surface area contributed by atoms with Crippen LogP contribution in [0.25, 0.3) is 0 Å². The third-order valence-corrected chi connectivity index (χ3v) is 2.88. The highest BCUT2D eigenvalue weighted by Gasteiger charge is 2.17. The zero-order chi connectivity index (χ0) is 12.4. The fourth-order valence-electron chi connectivity index (χ4n) is 1.51. The minimum atomic E-state index is -0.292. The maximum atomic E-state index is 11.2. The molecule has 0 aliphatic carbocycles. The number of hydrogen-bond acceptors (Lipinski definition) is 3. The van der Waals surface area contributed by atoms with E-state index >= 15 is 0 Å². The van der Waals surface area contributed by atoms with E-state index in [1.54, 1.807) is 0 Å². The van der Waals surface area contributed by atoms with Crippen molar-refractivity contribution in [1.82, 2.24) is 5.32 Å². The molecule has 0 spiro atoms. The molecule has 94 valence electrons. The molecule has 1 amide bonds. The van der Waals surface area contributed by atoms with Crippen LogP contribution in [0.1, 0.15) is 39.0 Å². The number of allylic oxidation sites excluding steroid dienone is 1. The van der Waals surface area contributed by atoms with Gasteiger partial charge in [-0.3, -0.25) is 4.79 Å². The molecule has 3 N–H and O–H groups in total. The number of thiol groups is 1. The fraction of sp³-hybridized carbons (Fsp3) is 0.750. The standard InChI is InChI=1S/C12H24N2OS/c1-3-5-6-8-14-11(12(13)15)9-10(16)7-4-2/h4,10-11,14,16H,2-3,5-9H2,1H3,(H2,13,15). The van der Waals surface area contributed by atoms with Gasteiger partial charge in [0.05, 0.1) is 6.04 Å². The number of hydrogen-bond donors (Lipinski definition) is 3. The van der Waals surface area contributed by atoms with Gasteiger partial charge in [0.25, 0.3) is 0 Å². The van der Waals surface area contributed by atoms with Gasteiger partial charge in [0.1, 0.15) is 0 Å². The van der Waals surface area contributed by atoms with Crippen LogP contribution >= 0.6 is 12.6 Å². The second-order valence-corrected chi connectivity index (χ2v) is 4.76. The van der Waals surface area contributed by atoms with E-state index in [4.69, 9.17) is 5.73 Å². The molecule has 0 saturated carbocycles. The van der Waals surface area contributed by atoms with E-state index < -0.39 is 0 Å². The zero-order valence-corrected chi connectivity index (χ0v) is 11.0. The molecule has 0 saturated heterocycles. The number of nitrogens with two attached hydrogens (primary N) is 1. The Balaban J connectivity index is 3.88. The Kier molecular flexibility index (Phi) is 9.43. The molecule has 0 radical (unpaired) electrons. The molecule has 2 atom stereocenters. The van der Waals surface area contributed by atoms with Gasteiger partial charge in [-0.2, -0.15) is 12.6 Å². The van der Waals surface area contributed by atoms with Crippen LogP contribution in [-0.4, -0.2) is 23.7 Å². The van der Waals surface area contributed by atoms with Crippen molar-refractivity contribution in [2.45, 2.75) is 50.3 Å². The van der Waals surface area contributed by atoms with Crippen LogP contribution < -0.4 is 11.1 Å². The van der Waals surface area contributed by atoms with Gasteiger partial charge in [0.2, 0.25) is 5.91 Å². The monoisotopic (exact) mass is 244 g/mol. The van der Waals surface area contributed by atoms with Crippen LogP contribution in [-0.2, 0) is 4.79 Å². The lowest BCUT2D eigenvalue weighted by molar-refractivity contribution is -0.120. The fourth-order valence-corrected chi connectivity index (χ4v) is 1.87. The summed E-state index contributed by atoms with van der Waals surface area (Å²) in [6.45, 7) is 6.65. The molecule has 3 nitrogen and oxygen atoms in total. The molecule has 0 aliphatic rings. The Morgan fingerprint density at radius 2 is 2.25 bits per heavy atom. The van der Waals surface area contributed by atoms with Gasteiger partial charge in [0, 0.05) is 5.25 Å². The second-order valence-electron chi connectivity index (χ2n) is 4.03. The minimum Gasteiger partial charge on any atom is -0.368 e. The number of carbonyl (C=O) groups excluding carboxylic acids is 1. The van der Waals surface area contributed by atoms with Gasteiger partial charge in [-0.25, -0.2) is 0 Å². The minimum absolute atomic E-state index is 0.147. The lowest BCUT2D eigenvalue weighted by Gasteiger charge is -2.18. The van der Waals surface area contributed by atoms with Crippen LogP contribution in [0.4, 0.5) is 0 Å². The maximum absolute atomic E-state index is 11.2. The van der Waals surface area contributed by atoms with Gasteiger partial charge in [0.15, 0.2) is 0 Å². The van der Waals surface area contributed by atoms with Crippen molar-refractivity contribution in [1.29, 1.82) is 0 Å². The van der Waals surface area contributed by atoms with Crippen molar-refractivity contribution in [3.8, 4) is 0 Å². The molecule has 0 rings (SSSR count). The predicted molar refractivity (Wildman–Crippen MR) is 72.7 cm³/mol. The first-order valence-corrected chi connectivity index (χ1v) is 6.45. The van der Waals surface area contributed by atoms with Gasteiger partial charge in [-0.1, -0.05) is 25.8 Å². The van der Waals surface area contributed by atoms with E-state index in [2.05, 4.69) is 31.4 Å². The van der Waals surface area contributed by atoms with E-state index in [0.717, 1.165) is 19.4 Å². The molecular formula is C12H24N2OS. The molecule has 0 aromatic rings. The quantitative estimate of drug-likeness (QED) is 0.312. The van der Waals surface area contributed by atoms with Crippen molar-refractivity contribution < 1.29 is 4.79 Å². The lowest BCUT2D eigenvalue weighted by Crippen LogP contribution is -2.43. The molecule has 0 fully saturated rings. The normalized spacial score (nSPS) is 14.4. The maximum Gasteiger partial charge on any atom is 0.234 e. The summed E-state index contributed by atoms with van der Waals surface area (Å²) in [6, 6.07) is -0.265. The molecule has 2 unspecified atom stereocenters. The third-order valence-electron chi connectivity index (χ3n) is 2.46. The Bertz CT molecular complexity index is 209. The van der Waals surface area contributed by atoms with Crippen LogP contribution in [0.2, 0.25) is 0 Å². The third kappa shape index (κ3) is 7.77. The predicted octanol–water partition coefficient (Wildman–Crippen LogP) is 1.88. The van der Waals surface area contributed by atoms with E-state index in [1.165, 1.54) is 12.8 Å². The van der Waals surface area contributed by atoms with Gasteiger partial charge in [-0.15, -0.1) is 6.58 Å². The molecular weight excluding hydrogens is 220 g/mol. The Morgan fingerprint density at radius 1 is 1.56 bits per heavy atom. The van der Waals surface area contributed by atoms with E-state index in [-0.39, 0.29) is 17.2 Å². The summed E-state index contributed by atoms with van der Waals surface area (Å²) in [4.78, 5) is 11.2. The first-order chi connectivity index (χ1) is 7.61. The average Bonchev–Trinajstić information content (AvgIpc) is 2.22. The molecule has 0 heterocycles. The molecule has 16 heavy (non-hydrogen) atoms. The van der Waals surface area contributed by atoms with Crippen molar-refractivity contribution in [3.63, 3.8) is 0 Å². The summed E-state index contributed by atoms with van der Waals surface area (Å²) in [5.41, 5.74) is 5.33. The van der Waals surface area contributed by atoms with E-state index in [9.17, 15) is 4.79 Å². The first kappa shape index (κ1) is 15.5. The molecule has 0 aliphatic heterocycles. The Hall–Kier alpha value is -0.480. The molecule has 0 aromatic heterocycles. The summed E-state index contributed by atoms with van der Waals surface area (Å²) >= 11 is 4.39. The Morgan fingerprint density at radius 3 is 2.75 bits per heavy atom. The zero-order valence-electron chi connectivity index (χ0n) is 10.1. The number of primary amides is 1. The summed E-state index contributed by atoms with van der Waals surface area (Å²) in [6.07, 6.45) is 6.70. The second kappa shape index (κ2) is 9.73. The number of carbonyl (C=O) groups is 1. The molecule has 0 aromatic carbocycles. The smallest absolute Gasteiger partial charge is 0.234 e. The molecule has 0 bridgehead atoms. The highest BCUT2D eigenvalue weighted by molar-refractivity contribution is 7.80. The lowest BCUT2D eigenvalue weighted by atomic mass is 10.1. The summed E-state index contributed by atoms with van der Waals surface area (Å²) < 4.78 is 0. The Labute approximate surface area is 104 Å². The topological polar surface area (TPSA) is 55.1 Å². The summed E-state index contributed by atoms with van der Waals surface area (Å²) in [7, 11) is 0. The van der Waals surface area contributed by atoms with Gasteiger partial charge >= 0.3 is 0 Å². The van der Waals surface area contributed by atoms with Gasteiger partial charge in [-0.05, 0) is 25.8 Å².